The van der Waals surface area contributed by atoms with Gasteiger partial charge in [0.2, 0.25) is 5.91 Å². The predicted octanol–water partition coefficient (Wildman–Crippen LogP) is 1.10. The molecule has 0 bridgehead atoms. The summed E-state index contributed by atoms with van der Waals surface area (Å²) in [5.74, 6) is 0.309. The second-order valence-electron chi connectivity index (χ2n) is 5.57. The molecule has 0 unspecified atom stereocenters. The van der Waals surface area contributed by atoms with Gasteiger partial charge in [0.1, 0.15) is 5.75 Å². The van der Waals surface area contributed by atoms with Gasteiger partial charge in [0, 0.05) is 13.2 Å². The summed E-state index contributed by atoms with van der Waals surface area (Å²) in [5.41, 5.74) is 0.581. The monoisotopic (exact) mass is 304 g/mol. The van der Waals surface area contributed by atoms with Crippen LogP contribution in [0.25, 0.3) is 0 Å². The molecule has 0 saturated carbocycles. The summed E-state index contributed by atoms with van der Waals surface area (Å²) in [4.78, 5) is 25.8. The van der Waals surface area contributed by atoms with Crippen LogP contribution in [0, 0.1) is 0 Å². The van der Waals surface area contributed by atoms with E-state index in [2.05, 4.69) is 5.32 Å². The molecular formula is C16H20N2O4. The van der Waals surface area contributed by atoms with Gasteiger partial charge in [-0.2, -0.15) is 0 Å². The van der Waals surface area contributed by atoms with Crippen molar-refractivity contribution in [3.8, 4) is 5.75 Å². The highest BCUT2D eigenvalue weighted by Gasteiger charge is 2.39. The van der Waals surface area contributed by atoms with E-state index in [4.69, 9.17) is 9.47 Å². The maximum atomic E-state index is 12.4. The van der Waals surface area contributed by atoms with Gasteiger partial charge in [0.15, 0.2) is 0 Å². The van der Waals surface area contributed by atoms with Gasteiger partial charge in [-0.05, 0) is 37.1 Å². The first kappa shape index (κ1) is 15.0. The average molecular weight is 304 g/mol. The molecule has 0 aliphatic carbocycles. The van der Waals surface area contributed by atoms with E-state index < -0.39 is 6.04 Å². The number of hydrogen-bond acceptors (Lipinski definition) is 5. The number of benzene rings is 1. The first-order chi connectivity index (χ1) is 10.7. The van der Waals surface area contributed by atoms with Crippen molar-refractivity contribution < 1.29 is 19.1 Å². The van der Waals surface area contributed by atoms with Gasteiger partial charge in [-0.3, -0.25) is 9.59 Å². The van der Waals surface area contributed by atoms with Gasteiger partial charge >= 0.3 is 0 Å². The molecule has 118 valence electrons. The van der Waals surface area contributed by atoms with E-state index in [0.717, 1.165) is 19.4 Å². The number of nitrogens with one attached hydrogen (secondary N) is 1. The zero-order chi connectivity index (χ0) is 15.5. The lowest BCUT2D eigenvalue weighted by Crippen LogP contribution is -2.41. The zero-order valence-corrected chi connectivity index (χ0v) is 12.6. The van der Waals surface area contributed by atoms with Gasteiger partial charge in [-0.1, -0.05) is 0 Å². The molecule has 3 rings (SSSR count). The Bertz CT molecular complexity index is 552. The molecule has 0 radical (unpaired) electrons. The van der Waals surface area contributed by atoms with Crippen LogP contribution in [0.4, 0.5) is 5.69 Å². The number of ether oxygens (including phenoxy) is 2. The number of carbonyl (C=O) groups excluding carboxylic acids is 2. The SMILES string of the molecule is COc1ccc(N2C(=O)C[C@H](NC[C@@H]3CCCO3)C2=O)cc1. The number of hydrogen-bond donors (Lipinski definition) is 1. The van der Waals surface area contributed by atoms with Crippen molar-refractivity contribution >= 4 is 17.5 Å². The lowest BCUT2D eigenvalue weighted by molar-refractivity contribution is -0.121. The minimum atomic E-state index is -0.459. The van der Waals surface area contributed by atoms with Gasteiger partial charge in [0.25, 0.3) is 5.91 Å². The standard InChI is InChI=1S/C16H20N2O4/c1-21-12-6-4-11(5-7-12)18-15(19)9-14(16(18)20)17-10-13-3-2-8-22-13/h4-7,13-14,17H,2-3,8-10H2,1H3/t13-,14-/m0/s1. The smallest absolute Gasteiger partial charge is 0.251 e. The number of rotatable bonds is 5. The lowest BCUT2D eigenvalue weighted by Gasteiger charge is -2.17. The van der Waals surface area contributed by atoms with E-state index in [-0.39, 0.29) is 24.3 Å². The minimum absolute atomic E-state index is 0.151. The second kappa shape index (κ2) is 6.46. The molecule has 2 fully saturated rings. The van der Waals surface area contributed by atoms with E-state index in [1.54, 1.807) is 31.4 Å². The number of nitrogens with zero attached hydrogens (tertiary/aromatic N) is 1. The molecule has 2 saturated heterocycles. The fourth-order valence-corrected chi connectivity index (χ4v) is 2.87. The van der Waals surface area contributed by atoms with Crippen LogP contribution in [0.3, 0.4) is 0 Å². The summed E-state index contributed by atoms with van der Waals surface area (Å²) in [6.07, 6.45) is 2.40. The van der Waals surface area contributed by atoms with Gasteiger partial charge < -0.3 is 14.8 Å². The van der Waals surface area contributed by atoms with Crippen molar-refractivity contribution in [3.63, 3.8) is 0 Å². The van der Waals surface area contributed by atoms with E-state index >= 15 is 0 Å². The third-order valence-electron chi connectivity index (χ3n) is 4.09. The first-order valence-electron chi connectivity index (χ1n) is 7.55. The van der Waals surface area contributed by atoms with Crippen molar-refractivity contribution in [2.24, 2.45) is 0 Å². The van der Waals surface area contributed by atoms with Gasteiger partial charge in [-0.15, -0.1) is 0 Å². The van der Waals surface area contributed by atoms with E-state index in [1.165, 1.54) is 4.90 Å². The Kier molecular flexibility index (Phi) is 4.40. The second-order valence-corrected chi connectivity index (χ2v) is 5.57. The van der Waals surface area contributed by atoms with Crippen LogP contribution < -0.4 is 15.0 Å². The van der Waals surface area contributed by atoms with Gasteiger partial charge in [-0.25, -0.2) is 4.90 Å². The van der Waals surface area contributed by atoms with Crippen LogP contribution in [0.1, 0.15) is 19.3 Å². The molecular weight excluding hydrogens is 284 g/mol. The quantitative estimate of drug-likeness (QED) is 0.825. The van der Waals surface area contributed by atoms with E-state index in [1.807, 2.05) is 0 Å². The molecule has 1 aromatic carbocycles. The average Bonchev–Trinajstić information content (AvgIpc) is 3.14. The predicted molar refractivity (Wildman–Crippen MR) is 80.9 cm³/mol. The normalized spacial score (nSPS) is 25.0. The number of amides is 2. The summed E-state index contributed by atoms with van der Waals surface area (Å²) in [6.45, 7) is 1.39. The molecule has 2 aliphatic rings. The summed E-state index contributed by atoms with van der Waals surface area (Å²) >= 11 is 0. The number of anilines is 1. The Morgan fingerprint density at radius 2 is 2.09 bits per heavy atom. The summed E-state index contributed by atoms with van der Waals surface area (Å²) in [5, 5.41) is 3.16. The lowest BCUT2D eigenvalue weighted by atomic mass is 10.2. The van der Waals surface area contributed by atoms with Crippen LogP contribution in [0.5, 0.6) is 5.75 Å². The van der Waals surface area contributed by atoms with Crippen molar-refractivity contribution in [3.05, 3.63) is 24.3 Å². The minimum Gasteiger partial charge on any atom is -0.497 e. The zero-order valence-electron chi connectivity index (χ0n) is 12.6. The maximum absolute atomic E-state index is 12.4. The van der Waals surface area contributed by atoms with Crippen molar-refractivity contribution in [1.82, 2.24) is 5.32 Å². The summed E-state index contributed by atoms with van der Waals surface area (Å²) in [6, 6.07) is 6.46. The topological polar surface area (TPSA) is 67.9 Å². The third-order valence-corrected chi connectivity index (χ3v) is 4.09. The first-order valence-corrected chi connectivity index (χ1v) is 7.55. The number of methoxy groups -OCH3 is 1. The largest absolute Gasteiger partial charge is 0.497 e. The Morgan fingerprint density at radius 1 is 1.32 bits per heavy atom. The molecule has 6 nitrogen and oxygen atoms in total. The molecule has 2 heterocycles. The molecule has 22 heavy (non-hydrogen) atoms. The maximum Gasteiger partial charge on any atom is 0.251 e. The van der Waals surface area contributed by atoms with Crippen LogP contribution >= 0.6 is 0 Å². The van der Waals surface area contributed by atoms with Gasteiger partial charge in [0.05, 0.1) is 31.4 Å². The highest BCUT2D eigenvalue weighted by molar-refractivity contribution is 6.22. The molecule has 6 heteroatoms. The van der Waals surface area contributed by atoms with Crippen molar-refractivity contribution in [2.45, 2.75) is 31.4 Å². The van der Waals surface area contributed by atoms with Crippen LogP contribution in [-0.4, -0.2) is 44.2 Å². The van der Waals surface area contributed by atoms with E-state index in [0.29, 0.717) is 18.0 Å². The molecule has 1 N–H and O–H groups in total. The van der Waals surface area contributed by atoms with E-state index in [9.17, 15) is 9.59 Å². The number of carbonyl (C=O) groups is 2. The Morgan fingerprint density at radius 3 is 2.73 bits per heavy atom. The van der Waals surface area contributed by atoms with Crippen molar-refractivity contribution in [2.75, 3.05) is 25.2 Å². The van der Waals surface area contributed by atoms with Crippen LogP contribution in [-0.2, 0) is 14.3 Å². The fourth-order valence-electron chi connectivity index (χ4n) is 2.87. The highest BCUT2D eigenvalue weighted by Crippen LogP contribution is 2.25. The Hall–Kier alpha value is -1.92. The molecule has 2 aliphatic heterocycles. The van der Waals surface area contributed by atoms with Crippen LogP contribution in [0.2, 0.25) is 0 Å². The summed E-state index contributed by atoms with van der Waals surface area (Å²) in [7, 11) is 1.58. The Balaban J connectivity index is 1.65. The van der Waals surface area contributed by atoms with Crippen LogP contribution in [0.15, 0.2) is 24.3 Å². The highest BCUT2D eigenvalue weighted by atomic mass is 16.5. The molecule has 1 aromatic rings. The Labute approximate surface area is 129 Å². The molecule has 0 spiro atoms. The fraction of sp³-hybridized carbons (Fsp3) is 0.500. The summed E-state index contributed by atoms with van der Waals surface area (Å²) < 4.78 is 10.6. The van der Waals surface area contributed by atoms with Crippen molar-refractivity contribution in [1.29, 1.82) is 0 Å². The molecule has 2 amide bonds. The molecule has 2 atom stereocenters. The third kappa shape index (κ3) is 2.98. The number of imide groups is 1. The molecule has 0 aromatic heterocycles.